The van der Waals surface area contributed by atoms with Crippen LogP contribution in [0.1, 0.15) is 0 Å². The topological polar surface area (TPSA) is 61.4 Å². The van der Waals surface area contributed by atoms with Gasteiger partial charge in [0.05, 0.1) is 5.75 Å². The number of hydrogen-bond donors (Lipinski definition) is 1. The van der Waals surface area contributed by atoms with Crippen LogP contribution in [0.25, 0.3) is 0 Å². The van der Waals surface area contributed by atoms with Gasteiger partial charge in [0, 0.05) is 48.1 Å². The number of rotatable bonds is 6. The lowest BCUT2D eigenvalue weighted by Gasteiger charge is -2.36. The van der Waals surface area contributed by atoms with Crippen LogP contribution in [0.4, 0.5) is 21.6 Å². The third-order valence-corrected chi connectivity index (χ3v) is 6.36. The number of nitrogens with zero attached hydrogens (tertiary/aromatic N) is 4. The van der Waals surface area contributed by atoms with Crippen LogP contribution in [-0.4, -0.2) is 47.8 Å². The van der Waals surface area contributed by atoms with Crippen molar-refractivity contribution in [2.45, 2.75) is 5.03 Å². The van der Waals surface area contributed by atoms with Crippen molar-refractivity contribution in [3.8, 4) is 0 Å². The summed E-state index contributed by atoms with van der Waals surface area (Å²) in [4.78, 5) is 25.4. The van der Waals surface area contributed by atoms with Gasteiger partial charge in [-0.1, -0.05) is 27.7 Å². The van der Waals surface area contributed by atoms with Gasteiger partial charge in [-0.25, -0.2) is 14.4 Å². The standard InChI is InChI=1S/C22H21BrFN5OS/c23-16-1-5-18(6-2-16)27-21(30)14-31-22-13-20(25-15-26-22)29-11-9-28(10-12-29)19-7-3-17(24)4-8-19/h1-8,13,15H,9-12,14H2,(H,27,30). The van der Waals surface area contributed by atoms with Crippen LogP contribution in [0, 0.1) is 5.82 Å². The van der Waals surface area contributed by atoms with E-state index in [1.165, 1.54) is 30.2 Å². The smallest absolute Gasteiger partial charge is 0.234 e. The van der Waals surface area contributed by atoms with Crippen molar-refractivity contribution in [3.05, 3.63) is 71.2 Å². The van der Waals surface area contributed by atoms with Crippen LogP contribution >= 0.6 is 27.7 Å². The van der Waals surface area contributed by atoms with E-state index in [9.17, 15) is 9.18 Å². The maximum Gasteiger partial charge on any atom is 0.234 e. The molecule has 1 saturated heterocycles. The first-order valence-electron chi connectivity index (χ1n) is 9.82. The van der Waals surface area contributed by atoms with E-state index in [0.717, 1.165) is 52.9 Å². The van der Waals surface area contributed by atoms with Crippen molar-refractivity contribution in [3.63, 3.8) is 0 Å². The molecule has 0 spiro atoms. The maximum absolute atomic E-state index is 13.1. The van der Waals surface area contributed by atoms with Crippen molar-refractivity contribution in [2.24, 2.45) is 0 Å². The van der Waals surface area contributed by atoms with E-state index in [1.54, 1.807) is 0 Å². The quantitative estimate of drug-likeness (QED) is 0.398. The lowest BCUT2D eigenvalue weighted by molar-refractivity contribution is -0.113. The molecule has 1 aliphatic rings. The van der Waals surface area contributed by atoms with E-state index in [4.69, 9.17) is 0 Å². The number of anilines is 3. The molecule has 2 aromatic carbocycles. The molecule has 0 aliphatic carbocycles. The van der Waals surface area contributed by atoms with Gasteiger partial charge >= 0.3 is 0 Å². The van der Waals surface area contributed by atoms with Crippen molar-refractivity contribution in [2.75, 3.05) is 47.0 Å². The normalized spacial score (nSPS) is 13.9. The highest BCUT2D eigenvalue weighted by Gasteiger charge is 2.19. The first-order chi connectivity index (χ1) is 15.1. The number of hydrogen-bond acceptors (Lipinski definition) is 6. The zero-order chi connectivity index (χ0) is 21.6. The van der Waals surface area contributed by atoms with E-state index >= 15 is 0 Å². The molecule has 1 aliphatic heterocycles. The van der Waals surface area contributed by atoms with Crippen LogP contribution < -0.4 is 15.1 Å². The zero-order valence-electron chi connectivity index (χ0n) is 16.7. The number of piperazine rings is 1. The number of halogens is 2. The first-order valence-corrected chi connectivity index (χ1v) is 11.6. The highest BCUT2D eigenvalue weighted by Crippen LogP contribution is 2.23. The third-order valence-electron chi connectivity index (χ3n) is 4.90. The van der Waals surface area contributed by atoms with Gasteiger partial charge in [0.2, 0.25) is 5.91 Å². The van der Waals surface area contributed by atoms with Gasteiger partial charge in [0.15, 0.2) is 0 Å². The molecule has 3 aromatic rings. The number of carbonyl (C=O) groups is 1. The minimum atomic E-state index is -0.223. The minimum absolute atomic E-state index is 0.0830. The molecule has 0 atom stereocenters. The van der Waals surface area contributed by atoms with Crippen LogP contribution in [0.15, 0.2) is 70.4 Å². The Morgan fingerprint density at radius 3 is 2.39 bits per heavy atom. The van der Waals surface area contributed by atoms with Gasteiger partial charge in [-0.3, -0.25) is 4.79 Å². The predicted octanol–water partition coefficient (Wildman–Crippen LogP) is 4.44. The van der Waals surface area contributed by atoms with Gasteiger partial charge in [-0.05, 0) is 48.5 Å². The zero-order valence-corrected chi connectivity index (χ0v) is 19.1. The highest BCUT2D eigenvalue weighted by molar-refractivity contribution is 9.10. The van der Waals surface area contributed by atoms with Gasteiger partial charge in [0.25, 0.3) is 0 Å². The van der Waals surface area contributed by atoms with Crippen LogP contribution in [0.2, 0.25) is 0 Å². The molecule has 1 aromatic heterocycles. The van der Waals surface area contributed by atoms with Crippen LogP contribution in [0.3, 0.4) is 0 Å². The Hall–Kier alpha value is -2.65. The second-order valence-corrected chi connectivity index (χ2v) is 8.92. The summed E-state index contributed by atoms with van der Waals surface area (Å²) in [5.41, 5.74) is 1.79. The number of benzene rings is 2. The number of aromatic nitrogens is 2. The number of carbonyl (C=O) groups excluding carboxylic acids is 1. The van der Waals surface area contributed by atoms with Gasteiger partial charge in [-0.2, -0.15) is 0 Å². The molecule has 0 radical (unpaired) electrons. The first kappa shape index (κ1) is 21.6. The fourth-order valence-electron chi connectivity index (χ4n) is 3.30. The molecule has 1 N–H and O–H groups in total. The van der Waals surface area contributed by atoms with Crippen LogP contribution in [-0.2, 0) is 4.79 Å². The largest absolute Gasteiger partial charge is 0.368 e. The summed E-state index contributed by atoms with van der Waals surface area (Å²) in [6.07, 6.45) is 1.54. The summed E-state index contributed by atoms with van der Waals surface area (Å²) in [5, 5.41) is 3.64. The molecule has 0 unspecified atom stereocenters. The van der Waals surface area contributed by atoms with Crippen molar-refractivity contribution < 1.29 is 9.18 Å². The SMILES string of the molecule is O=C(CSc1cc(N2CCN(c3ccc(F)cc3)CC2)ncn1)Nc1ccc(Br)cc1. The van der Waals surface area contributed by atoms with E-state index in [2.05, 4.69) is 41.0 Å². The van der Waals surface area contributed by atoms with Crippen molar-refractivity contribution in [1.82, 2.24) is 9.97 Å². The number of thioether (sulfide) groups is 1. The molecule has 160 valence electrons. The highest BCUT2D eigenvalue weighted by atomic mass is 79.9. The monoisotopic (exact) mass is 501 g/mol. The summed E-state index contributed by atoms with van der Waals surface area (Å²) in [7, 11) is 0. The molecule has 0 saturated carbocycles. The molecule has 6 nitrogen and oxygen atoms in total. The average Bonchev–Trinajstić information content (AvgIpc) is 2.80. The summed E-state index contributed by atoms with van der Waals surface area (Å²) < 4.78 is 14.1. The fraction of sp³-hybridized carbons (Fsp3) is 0.227. The van der Waals surface area contributed by atoms with E-state index < -0.39 is 0 Å². The minimum Gasteiger partial charge on any atom is -0.368 e. The molecule has 1 fully saturated rings. The van der Waals surface area contributed by atoms with Gasteiger partial charge in [0.1, 0.15) is 23.0 Å². The Morgan fingerprint density at radius 2 is 1.68 bits per heavy atom. The van der Waals surface area contributed by atoms with E-state index in [-0.39, 0.29) is 17.5 Å². The fourth-order valence-corrected chi connectivity index (χ4v) is 4.22. The lowest BCUT2D eigenvalue weighted by Crippen LogP contribution is -2.46. The van der Waals surface area contributed by atoms with E-state index in [0.29, 0.717) is 0 Å². The lowest BCUT2D eigenvalue weighted by atomic mass is 10.2. The Kier molecular flexibility index (Phi) is 7.03. The summed E-state index contributed by atoms with van der Waals surface area (Å²) in [6.45, 7) is 3.27. The second kappa shape index (κ2) is 10.1. The maximum atomic E-state index is 13.1. The molecule has 1 amide bonds. The Balaban J connectivity index is 1.29. The van der Waals surface area contributed by atoms with Gasteiger partial charge < -0.3 is 15.1 Å². The average molecular weight is 502 g/mol. The van der Waals surface area contributed by atoms with E-state index in [1.807, 2.05) is 42.5 Å². The molecular formula is C22H21BrFN5OS. The number of amides is 1. The molecule has 2 heterocycles. The summed E-state index contributed by atoms with van der Waals surface area (Å²) >= 11 is 4.76. The molecular weight excluding hydrogens is 481 g/mol. The third kappa shape index (κ3) is 5.95. The van der Waals surface area contributed by atoms with Crippen LogP contribution in [0.5, 0.6) is 0 Å². The molecule has 4 rings (SSSR count). The second-order valence-electron chi connectivity index (χ2n) is 7.01. The van der Waals surface area contributed by atoms with Crippen molar-refractivity contribution in [1.29, 1.82) is 0 Å². The Labute approximate surface area is 193 Å². The predicted molar refractivity (Wildman–Crippen MR) is 126 cm³/mol. The Bertz CT molecular complexity index is 1030. The number of nitrogens with one attached hydrogen (secondary N) is 1. The van der Waals surface area contributed by atoms with Gasteiger partial charge in [-0.15, -0.1) is 0 Å². The Morgan fingerprint density at radius 1 is 1.00 bits per heavy atom. The molecule has 0 bridgehead atoms. The molecule has 9 heteroatoms. The summed E-state index contributed by atoms with van der Waals surface area (Å²) in [5.74, 6) is 0.814. The molecule has 31 heavy (non-hydrogen) atoms. The van der Waals surface area contributed by atoms with Crippen molar-refractivity contribution >= 4 is 50.8 Å². The summed E-state index contributed by atoms with van der Waals surface area (Å²) in [6, 6.07) is 16.0.